The van der Waals surface area contributed by atoms with Crippen LogP contribution in [0, 0.1) is 11.8 Å². The summed E-state index contributed by atoms with van der Waals surface area (Å²) >= 11 is 0. The van der Waals surface area contributed by atoms with E-state index in [2.05, 4.69) is 88.1 Å². The quantitative estimate of drug-likeness (QED) is 0.269. The van der Waals surface area contributed by atoms with E-state index in [9.17, 15) is 9.90 Å². The fourth-order valence-electron chi connectivity index (χ4n) is 8.34. The largest absolute Gasteiger partial charge is 0.480 e. The van der Waals surface area contributed by atoms with Crippen molar-refractivity contribution in [2.75, 3.05) is 32.7 Å². The maximum atomic E-state index is 12.6. The average Bonchev–Trinajstić information content (AvgIpc) is 3.63. The number of aromatic nitrogens is 2. The molecule has 2 saturated heterocycles. The van der Waals surface area contributed by atoms with Crippen molar-refractivity contribution < 1.29 is 9.90 Å². The molecule has 3 aliphatic rings. The lowest BCUT2D eigenvalue weighted by molar-refractivity contribution is -0.145. The van der Waals surface area contributed by atoms with Gasteiger partial charge >= 0.3 is 5.97 Å². The van der Waals surface area contributed by atoms with E-state index in [-0.39, 0.29) is 12.0 Å². The zero-order chi connectivity index (χ0) is 29.6. The standard InChI is InChI=1S/C37H50N4O2/c1-2-20-41-35(24-33(38-41)23-28-12-6-3-7-13-28)30-18-21-39(22-19-30)25-32-26-40(27-34(32)29-14-8-4-9-15-29)36(37(42)43)31-16-10-5-11-17-31/h3-4,6-9,12-15,24,30-32,34,36H,2,5,10-11,16-23,25-27H2,1H3,(H,42,43). The molecule has 0 spiro atoms. The first kappa shape index (κ1) is 30.1. The molecule has 2 aliphatic heterocycles. The lowest BCUT2D eigenvalue weighted by Crippen LogP contribution is -2.46. The van der Waals surface area contributed by atoms with Crippen molar-refractivity contribution in [3.05, 3.63) is 89.2 Å². The Labute approximate surface area is 258 Å². The molecule has 1 saturated carbocycles. The Morgan fingerprint density at radius 2 is 1.63 bits per heavy atom. The Balaban J connectivity index is 1.12. The van der Waals surface area contributed by atoms with Gasteiger partial charge in [0.1, 0.15) is 6.04 Å². The van der Waals surface area contributed by atoms with Crippen LogP contribution in [-0.2, 0) is 17.8 Å². The van der Waals surface area contributed by atoms with Gasteiger partial charge in [0.05, 0.1) is 5.69 Å². The van der Waals surface area contributed by atoms with Crippen LogP contribution in [0.5, 0.6) is 0 Å². The minimum atomic E-state index is -0.615. The van der Waals surface area contributed by atoms with Gasteiger partial charge in [-0.15, -0.1) is 0 Å². The lowest BCUT2D eigenvalue weighted by Gasteiger charge is -2.35. The number of aliphatic carboxylic acids is 1. The van der Waals surface area contributed by atoms with Crippen LogP contribution in [0.15, 0.2) is 66.7 Å². The molecule has 3 fully saturated rings. The van der Waals surface area contributed by atoms with Crippen molar-refractivity contribution in [3.63, 3.8) is 0 Å². The van der Waals surface area contributed by atoms with Crippen molar-refractivity contribution in [1.82, 2.24) is 19.6 Å². The summed E-state index contributed by atoms with van der Waals surface area (Å²) in [5.74, 6) is 1.06. The molecule has 3 aromatic rings. The summed E-state index contributed by atoms with van der Waals surface area (Å²) in [6, 6.07) is 23.6. The minimum Gasteiger partial charge on any atom is -0.480 e. The van der Waals surface area contributed by atoms with Gasteiger partial charge in [0.25, 0.3) is 0 Å². The lowest BCUT2D eigenvalue weighted by atomic mass is 9.83. The van der Waals surface area contributed by atoms with E-state index in [1.807, 2.05) is 0 Å². The van der Waals surface area contributed by atoms with E-state index in [0.717, 1.165) is 77.8 Å². The van der Waals surface area contributed by atoms with E-state index >= 15 is 0 Å². The molecule has 6 rings (SSSR count). The van der Waals surface area contributed by atoms with Gasteiger partial charge in [-0.3, -0.25) is 14.4 Å². The summed E-state index contributed by atoms with van der Waals surface area (Å²) < 4.78 is 2.29. The highest BCUT2D eigenvalue weighted by atomic mass is 16.4. The second-order valence-corrected chi connectivity index (χ2v) is 13.4. The summed E-state index contributed by atoms with van der Waals surface area (Å²) in [5.41, 5.74) is 5.28. The summed E-state index contributed by atoms with van der Waals surface area (Å²) in [7, 11) is 0. The van der Waals surface area contributed by atoms with Gasteiger partial charge in [-0.05, 0) is 74.2 Å². The summed E-state index contributed by atoms with van der Waals surface area (Å²) in [4.78, 5) is 17.6. The smallest absolute Gasteiger partial charge is 0.321 e. The van der Waals surface area contributed by atoms with E-state index in [1.54, 1.807) is 0 Å². The number of likely N-dealkylation sites (tertiary alicyclic amines) is 2. The molecule has 1 aliphatic carbocycles. The maximum absolute atomic E-state index is 12.6. The zero-order valence-corrected chi connectivity index (χ0v) is 26.0. The third-order valence-corrected chi connectivity index (χ3v) is 10.5. The van der Waals surface area contributed by atoms with Crippen molar-refractivity contribution in [2.24, 2.45) is 11.8 Å². The highest BCUT2D eigenvalue weighted by molar-refractivity contribution is 5.74. The molecule has 1 aromatic heterocycles. The number of aryl methyl sites for hydroxylation is 1. The Kier molecular flexibility index (Phi) is 9.95. The number of carboxylic acids is 1. The SMILES string of the molecule is CCCn1nc(Cc2ccccc2)cc1C1CCN(CC2CN(C(C(=O)O)C3CCCCC3)CC2c2ccccc2)CC1. The molecule has 3 heterocycles. The van der Waals surface area contributed by atoms with Gasteiger partial charge in [-0.25, -0.2) is 0 Å². The van der Waals surface area contributed by atoms with E-state index in [1.165, 1.54) is 41.8 Å². The summed E-state index contributed by atoms with van der Waals surface area (Å²) in [5, 5.41) is 15.4. The van der Waals surface area contributed by atoms with Crippen molar-refractivity contribution >= 4 is 5.97 Å². The molecule has 0 bridgehead atoms. The average molecular weight is 583 g/mol. The van der Waals surface area contributed by atoms with Crippen LogP contribution in [-0.4, -0.2) is 69.4 Å². The van der Waals surface area contributed by atoms with Crippen LogP contribution in [0.25, 0.3) is 0 Å². The van der Waals surface area contributed by atoms with Gasteiger partial charge in [0, 0.05) is 50.1 Å². The predicted octanol–water partition coefficient (Wildman–Crippen LogP) is 6.81. The first-order chi connectivity index (χ1) is 21.1. The van der Waals surface area contributed by atoms with Gasteiger partial charge in [0.15, 0.2) is 0 Å². The summed E-state index contributed by atoms with van der Waals surface area (Å²) in [6.45, 7) is 8.21. The van der Waals surface area contributed by atoms with Gasteiger partial charge < -0.3 is 10.0 Å². The Hall–Kier alpha value is -2.96. The van der Waals surface area contributed by atoms with Crippen LogP contribution in [0.1, 0.15) is 92.6 Å². The first-order valence-corrected chi connectivity index (χ1v) is 16.9. The van der Waals surface area contributed by atoms with Crippen molar-refractivity contribution in [3.8, 4) is 0 Å². The fraction of sp³-hybridized carbons (Fsp3) is 0.568. The molecular weight excluding hydrogens is 532 g/mol. The zero-order valence-electron chi connectivity index (χ0n) is 26.0. The molecule has 2 aromatic carbocycles. The van der Waals surface area contributed by atoms with Gasteiger partial charge in [-0.1, -0.05) is 86.8 Å². The second-order valence-electron chi connectivity index (χ2n) is 13.4. The topological polar surface area (TPSA) is 61.6 Å². The number of benzene rings is 2. The number of carboxylic acid groups (broad SMARTS) is 1. The van der Waals surface area contributed by atoms with E-state index < -0.39 is 5.97 Å². The second kappa shape index (κ2) is 14.2. The highest BCUT2D eigenvalue weighted by Gasteiger charge is 2.43. The number of carbonyl (C=O) groups is 1. The Morgan fingerprint density at radius 1 is 0.930 bits per heavy atom. The molecule has 0 radical (unpaired) electrons. The van der Waals surface area contributed by atoms with Crippen molar-refractivity contribution in [2.45, 2.75) is 89.1 Å². The third kappa shape index (κ3) is 7.24. The van der Waals surface area contributed by atoms with Crippen LogP contribution < -0.4 is 0 Å². The van der Waals surface area contributed by atoms with Crippen LogP contribution in [0.3, 0.4) is 0 Å². The van der Waals surface area contributed by atoms with Gasteiger partial charge in [-0.2, -0.15) is 5.10 Å². The molecule has 43 heavy (non-hydrogen) atoms. The number of hydrogen-bond donors (Lipinski definition) is 1. The normalized spacial score (nSPS) is 23.5. The third-order valence-electron chi connectivity index (χ3n) is 10.5. The predicted molar refractivity (Wildman–Crippen MR) is 172 cm³/mol. The molecule has 1 N–H and O–H groups in total. The van der Waals surface area contributed by atoms with Crippen molar-refractivity contribution in [1.29, 1.82) is 0 Å². The molecule has 3 atom stereocenters. The first-order valence-electron chi connectivity index (χ1n) is 16.9. The summed E-state index contributed by atoms with van der Waals surface area (Å²) in [6.07, 6.45) is 10.0. The number of hydrogen-bond acceptors (Lipinski definition) is 4. The van der Waals surface area contributed by atoms with Crippen LogP contribution >= 0.6 is 0 Å². The Morgan fingerprint density at radius 3 is 2.30 bits per heavy atom. The monoisotopic (exact) mass is 582 g/mol. The van der Waals surface area contributed by atoms with E-state index in [4.69, 9.17) is 5.10 Å². The molecule has 6 heteroatoms. The van der Waals surface area contributed by atoms with Gasteiger partial charge in [0.2, 0.25) is 0 Å². The number of piperidine rings is 1. The number of rotatable bonds is 11. The fourth-order valence-corrected chi connectivity index (χ4v) is 8.34. The minimum absolute atomic E-state index is 0.289. The molecular formula is C37H50N4O2. The Bertz CT molecular complexity index is 1290. The molecule has 0 amide bonds. The highest BCUT2D eigenvalue weighted by Crippen LogP contribution is 2.39. The molecule has 3 unspecified atom stereocenters. The molecule has 6 nitrogen and oxygen atoms in total. The van der Waals surface area contributed by atoms with Crippen LogP contribution in [0.4, 0.5) is 0 Å². The van der Waals surface area contributed by atoms with E-state index in [0.29, 0.717) is 17.8 Å². The molecule has 230 valence electrons. The maximum Gasteiger partial charge on any atom is 0.321 e. The van der Waals surface area contributed by atoms with Crippen LogP contribution in [0.2, 0.25) is 0 Å². The number of nitrogens with zero attached hydrogens (tertiary/aromatic N) is 4.